The van der Waals surface area contributed by atoms with Crippen molar-refractivity contribution in [2.45, 2.75) is 82.1 Å². The second-order valence-electron chi connectivity index (χ2n) is 6.96. The number of hydrogen-bond donors (Lipinski definition) is 0. The van der Waals surface area contributed by atoms with Gasteiger partial charge in [0.2, 0.25) is 0 Å². The van der Waals surface area contributed by atoms with Gasteiger partial charge in [-0.1, -0.05) is 0 Å². The van der Waals surface area contributed by atoms with Crippen LogP contribution in [-0.4, -0.2) is 14.7 Å². The van der Waals surface area contributed by atoms with Gasteiger partial charge in [-0.3, -0.25) is 0 Å². The zero-order valence-corrected chi connectivity index (χ0v) is 17.6. The number of hydrogen-bond acceptors (Lipinski definition) is 0. The van der Waals surface area contributed by atoms with Crippen molar-refractivity contribution in [3.05, 3.63) is 42.5 Å². The molecule has 1 atom stereocenters. The molecule has 0 radical (unpaired) electrons. The average molecular weight is 386 g/mol. The van der Waals surface area contributed by atoms with E-state index in [4.69, 9.17) is 0 Å². The number of fused-ring (bicyclic) bond motifs is 1. The molecule has 0 fully saturated rings. The summed E-state index contributed by atoms with van der Waals surface area (Å²) in [7, 11) is 0. The zero-order chi connectivity index (χ0) is 17.0. The summed E-state index contributed by atoms with van der Waals surface area (Å²) < 4.78 is 1.73. The molecule has 0 heterocycles. The monoisotopic (exact) mass is 386 g/mol. The third-order valence-electron chi connectivity index (χ3n) is 4.88. The van der Waals surface area contributed by atoms with E-state index in [1.807, 2.05) is 0 Å². The molecule has 24 heavy (non-hydrogen) atoms. The Balaban J connectivity index is 1.85. The Morgan fingerprint density at radius 2 is 1.29 bits per heavy atom. The fourth-order valence-corrected chi connectivity index (χ4v) is 9.19. The van der Waals surface area contributed by atoms with Crippen LogP contribution in [0.1, 0.15) is 71.6 Å². The van der Waals surface area contributed by atoms with E-state index in [0.717, 1.165) is 0 Å². The van der Waals surface area contributed by atoms with Gasteiger partial charge in [0.1, 0.15) is 0 Å². The van der Waals surface area contributed by atoms with Crippen LogP contribution in [-0.2, 0) is 0 Å². The Morgan fingerprint density at radius 3 is 2.04 bits per heavy atom. The van der Waals surface area contributed by atoms with E-state index >= 15 is 0 Å². The van der Waals surface area contributed by atoms with Gasteiger partial charge in [-0.25, -0.2) is 0 Å². The van der Waals surface area contributed by atoms with E-state index < -0.39 is 14.7 Å². The first-order chi connectivity index (χ1) is 11.9. The number of unbranched alkanes of at least 4 members (excludes halogenated alkanes) is 7. The van der Waals surface area contributed by atoms with Crippen molar-refractivity contribution in [1.29, 1.82) is 0 Å². The summed E-state index contributed by atoms with van der Waals surface area (Å²) in [5, 5.41) is 5.94. The van der Waals surface area contributed by atoms with Crippen LogP contribution in [0.25, 0.3) is 10.8 Å². The molecule has 1 heteroatoms. The maximum atomic E-state index is 2.43. The fraction of sp³-hybridized carbons (Fsp3) is 0.565. The first-order valence-electron chi connectivity index (χ1n) is 10.1. The average Bonchev–Trinajstić information content (AvgIpc) is 2.62. The minimum absolute atomic E-state index is 0.890. The molecule has 0 nitrogen and oxygen atoms in total. The van der Waals surface area contributed by atoms with E-state index in [1.54, 1.807) is 4.35 Å². The molecule has 0 saturated heterocycles. The van der Waals surface area contributed by atoms with E-state index in [1.165, 1.54) is 79.0 Å². The summed E-state index contributed by atoms with van der Waals surface area (Å²) in [6.07, 6.45) is 12.8. The Hall–Kier alpha value is -0.742. The van der Waals surface area contributed by atoms with Crippen molar-refractivity contribution < 1.29 is 0 Å². The molecule has 132 valence electrons. The predicted molar refractivity (Wildman–Crippen MR) is 112 cm³/mol. The van der Waals surface area contributed by atoms with Crippen LogP contribution in [0.3, 0.4) is 0 Å². The molecule has 0 spiro atoms. The van der Waals surface area contributed by atoms with Crippen LogP contribution in [0.4, 0.5) is 0 Å². The molecule has 2 rings (SSSR count). The second-order valence-corrected chi connectivity index (χ2v) is 12.1. The third kappa shape index (κ3) is 6.28. The molecule has 0 aliphatic carbocycles. The van der Waals surface area contributed by atoms with Crippen LogP contribution >= 0.6 is 0 Å². The minimum atomic E-state index is -0.890. The predicted octanol–water partition coefficient (Wildman–Crippen LogP) is 7.09. The van der Waals surface area contributed by atoms with Gasteiger partial charge in [-0.15, -0.1) is 0 Å². The molecule has 2 aromatic carbocycles. The summed E-state index contributed by atoms with van der Waals surface area (Å²) in [4.78, 5) is 0. The molecule has 0 aromatic heterocycles. The van der Waals surface area contributed by atoms with Gasteiger partial charge >= 0.3 is 154 Å². The first kappa shape index (κ1) is 19.6. The topological polar surface area (TPSA) is 0 Å². The Bertz CT molecular complexity index is 570. The van der Waals surface area contributed by atoms with Crippen molar-refractivity contribution in [3.8, 4) is 0 Å². The van der Waals surface area contributed by atoms with Crippen molar-refractivity contribution in [2.24, 2.45) is 0 Å². The SMILES string of the molecule is CCCCCCCCCC[As](CCC)c1cccc2ccccc12. The summed E-state index contributed by atoms with van der Waals surface area (Å²) in [6, 6.07) is 16.0. The van der Waals surface area contributed by atoms with Crippen LogP contribution in [0.15, 0.2) is 42.5 Å². The summed E-state index contributed by atoms with van der Waals surface area (Å²) >= 11 is -0.890. The second kappa shape index (κ2) is 11.8. The van der Waals surface area contributed by atoms with Crippen molar-refractivity contribution >= 4 is 29.8 Å². The first-order valence-corrected chi connectivity index (χ1v) is 13.7. The van der Waals surface area contributed by atoms with Crippen molar-refractivity contribution in [2.75, 3.05) is 0 Å². The molecular weight excluding hydrogens is 351 g/mol. The third-order valence-corrected chi connectivity index (χ3v) is 11.0. The van der Waals surface area contributed by atoms with Gasteiger partial charge in [-0.05, 0) is 0 Å². The van der Waals surface area contributed by atoms with Crippen LogP contribution in [0.5, 0.6) is 0 Å². The molecule has 2 aromatic rings. The molecule has 0 bridgehead atoms. The van der Waals surface area contributed by atoms with Crippen molar-refractivity contribution in [3.63, 3.8) is 0 Å². The van der Waals surface area contributed by atoms with E-state index in [-0.39, 0.29) is 0 Å². The van der Waals surface area contributed by atoms with Gasteiger partial charge in [0, 0.05) is 0 Å². The summed E-state index contributed by atoms with van der Waals surface area (Å²) in [5.74, 6) is 0. The molecule has 0 saturated carbocycles. The van der Waals surface area contributed by atoms with Gasteiger partial charge in [0.05, 0.1) is 0 Å². The van der Waals surface area contributed by atoms with Crippen molar-refractivity contribution in [1.82, 2.24) is 0 Å². The normalized spacial score (nSPS) is 12.6. The number of benzene rings is 2. The van der Waals surface area contributed by atoms with Crippen LogP contribution < -0.4 is 4.35 Å². The van der Waals surface area contributed by atoms with Gasteiger partial charge in [0.15, 0.2) is 0 Å². The molecule has 0 aliphatic heterocycles. The fourth-order valence-electron chi connectivity index (χ4n) is 3.54. The molecule has 0 aliphatic rings. The molecule has 0 N–H and O–H groups in total. The summed E-state index contributed by atoms with van der Waals surface area (Å²) in [6.45, 7) is 4.66. The van der Waals surface area contributed by atoms with Gasteiger partial charge in [-0.2, -0.15) is 0 Å². The Morgan fingerprint density at radius 1 is 0.625 bits per heavy atom. The van der Waals surface area contributed by atoms with E-state index in [0.29, 0.717) is 0 Å². The van der Waals surface area contributed by atoms with E-state index in [9.17, 15) is 0 Å². The van der Waals surface area contributed by atoms with Gasteiger partial charge < -0.3 is 0 Å². The molecule has 1 unspecified atom stereocenters. The maximum absolute atomic E-state index is 2.43. The quantitative estimate of drug-likeness (QED) is 0.270. The standard InChI is InChI=1S/C23H35As/c1-3-5-6-7-8-9-10-13-20-24(19-4-2)23-18-14-16-21-15-11-12-17-22(21)23/h11-12,14-18H,3-10,13,19-20H2,1-2H3. The van der Waals surface area contributed by atoms with Gasteiger partial charge in [0.25, 0.3) is 0 Å². The van der Waals surface area contributed by atoms with Crippen LogP contribution in [0, 0.1) is 0 Å². The molecular formula is C23H35As. The number of rotatable bonds is 12. The van der Waals surface area contributed by atoms with Crippen LogP contribution in [0.2, 0.25) is 10.4 Å². The Kier molecular flexibility index (Phi) is 9.59. The van der Waals surface area contributed by atoms with E-state index in [2.05, 4.69) is 56.3 Å². The Labute approximate surface area is 154 Å². The zero-order valence-electron chi connectivity index (χ0n) is 15.8. The molecule has 0 amide bonds. The summed E-state index contributed by atoms with van der Waals surface area (Å²) in [5.41, 5.74) is 0.